The van der Waals surface area contributed by atoms with E-state index in [1.165, 1.54) is 33.3 Å². The quantitative estimate of drug-likeness (QED) is 0.705. The average molecular weight is 363 g/mol. The maximum Gasteiger partial charge on any atom is 0.221 e. The zero-order valence-corrected chi connectivity index (χ0v) is 14.8. The number of carbonyl (C=O) groups excluding carboxylic acids is 1. The Morgan fingerprint density at radius 2 is 1.52 bits per heavy atom. The molecule has 2 aromatic rings. The fraction of sp³-hybridized carbons (Fsp3) is 0.176. The second-order valence-electron chi connectivity index (χ2n) is 5.02. The van der Waals surface area contributed by atoms with Crippen LogP contribution < -0.4 is 25.4 Å². The topological polar surface area (TPSA) is 71.6 Å². The number of carbonyl (C=O) groups is 1. The fourth-order valence-corrected chi connectivity index (χ4v) is 2.31. The van der Waals surface area contributed by atoms with Crippen LogP contribution in [0.25, 0.3) is 0 Å². The van der Waals surface area contributed by atoms with E-state index >= 15 is 0 Å². The van der Waals surface area contributed by atoms with Gasteiger partial charge in [0.15, 0.2) is 16.7 Å². The zero-order valence-electron chi connectivity index (χ0n) is 14.0. The average Bonchev–Trinajstić information content (AvgIpc) is 2.56. The molecule has 0 aliphatic carbocycles. The molecule has 0 atom stereocenters. The summed E-state index contributed by atoms with van der Waals surface area (Å²) in [5.41, 5.74) is 1.75. The number of thiocarbonyl (C=S) groups is 1. The first-order valence-corrected chi connectivity index (χ1v) is 7.71. The Bertz CT molecular complexity index is 781. The summed E-state index contributed by atoms with van der Waals surface area (Å²) in [5.74, 6) is -0.210. The monoisotopic (exact) mass is 363 g/mol. The first-order valence-electron chi connectivity index (χ1n) is 7.30. The predicted molar refractivity (Wildman–Crippen MR) is 100 cm³/mol. The molecular formula is C17H18FN3O3S. The summed E-state index contributed by atoms with van der Waals surface area (Å²) >= 11 is 5.23. The highest BCUT2D eigenvalue weighted by atomic mass is 32.1. The Morgan fingerprint density at radius 1 is 0.960 bits per heavy atom. The third kappa shape index (κ3) is 5.05. The Labute approximate surface area is 150 Å². The number of hydrogen-bond donors (Lipinski definition) is 3. The Hall–Kier alpha value is -2.87. The molecule has 2 aromatic carbocycles. The van der Waals surface area contributed by atoms with Gasteiger partial charge >= 0.3 is 0 Å². The zero-order chi connectivity index (χ0) is 18.4. The van der Waals surface area contributed by atoms with Crippen LogP contribution in [-0.2, 0) is 4.79 Å². The number of hydrogen-bond acceptors (Lipinski definition) is 4. The number of ether oxygens (including phenoxy) is 2. The van der Waals surface area contributed by atoms with Crippen molar-refractivity contribution < 1.29 is 18.7 Å². The van der Waals surface area contributed by atoms with Gasteiger partial charge in [-0.05, 0) is 36.5 Å². The van der Waals surface area contributed by atoms with Gasteiger partial charge in [0, 0.05) is 30.4 Å². The fourth-order valence-electron chi connectivity index (χ4n) is 2.08. The van der Waals surface area contributed by atoms with E-state index in [9.17, 15) is 9.18 Å². The van der Waals surface area contributed by atoms with Crippen molar-refractivity contribution in [3.05, 3.63) is 42.2 Å². The molecule has 0 fully saturated rings. The highest BCUT2D eigenvalue weighted by Crippen LogP contribution is 2.32. The molecule has 0 aromatic heterocycles. The summed E-state index contributed by atoms with van der Waals surface area (Å²) in [6, 6.07) is 9.66. The van der Waals surface area contributed by atoms with E-state index in [1.54, 1.807) is 24.3 Å². The van der Waals surface area contributed by atoms with Gasteiger partial charge in [0.05, 0.1) is 19.9 Å². The maximum atomic E-state index is 13.9. The van der Waals surface area contributed by atoms with Crippen molar-refractivity contribution in [3.63, 3.8) is 0 Å². The number of halogens is 1. The van der Waals surface area contributed by atoms with Crippen molar-refractivity contribution in [2.45, 2.75) is 6.92 Å². The predicted octanol–water partition coefficient (Wildman–Crippen LogP) is 3.61. The van der Waals surface area contributed by atoms with Crippen LogP contribution in [-0.4, -0.2) is 25.2 Å². The smallest absolute Gasteiger partial charge is 0.221 e. The molecular weight excluding hydrogens is 345 g/mol. The first-order chi connectivity index (χ1) is 11.9. The third-order valence-corrected chi connectivity index (χ3v) is 3.39. The van der Waals surface area contributed by atoms with Crippen LogP contribution in [0.1, 0.15) is 6.92 Å². The molecule has 0 bridgehead atoms. The van der Waals surface area contributed by atoms with Gasteiger partial charge < -0.3 is 25.4 Å². The lowest BCUT2D eigenvalue weighted by molar-refractivity contribution is -0.114. The minimum atomic E-state index is -0.534. The minimum Gasteiger partial charge on any atom is -0.494 e. The molecule has 0 radical (unpaired) electrons. The Balaban J connectivity index is 2.07. The van der Waals surface area contributed by atoms with Crippen molar-refractivity contribution in [2.24, 2.45) is 0 Å². The van der Waals surface area contributed by atoms with E-state index in [4.69, 9.17) is 21.7 Å². The Morgan fingerprint density at radius 3 is 2.04 bits per heavy atom. The van der Waals surface area contributed by atoms with Crippen molar-refractivity contribution >= 4 is 40.3 Å². The van der Waals surface area contributed by atoms with E-state index in [0.717, 1.165) is 0 Å². The van der Waals surface area contributed by atoms with Crippen LogP contribution in [0.2, 0.25) is 0 Å². The molecule has 0 unspecified atom stereocenters. The van der Waals surface area contributed by atoms with E-state index in [1.807, 2.05) is 0 Å². The summed E-state index contributed by atoms with van der Waals surface area (Å²) in [7, 11) is 2.84. The van der Waals surface area contributed by atoms with Gasteiger partial charge in [-0.25, -0.2) is 4.39 Å². The lowest BCUT2D eigenvalue weighted by atomic mass is 10.2. The highest BCUT2D eigenvalue weighted by Gasteiger charge is 2.12. The molecule has 2 rings (SSSR count). The van der Waals surface area contributed by atoms with Gasteiger partial charge in [0.2, 0.25) is 5.91 Å². The van der Waals surface area contributed by atoms with Gasteiger partial charge in [-0.2, -0.15) is 0 Å². The molecule has 0 aliphatic rings. The number of amides is 1. The van der Waals surface area contributed by atoms with E-state index in [-0.39, 0.29) is 16.8 Å². The standard InChI is InChI=1S/C17H18FN3O3S/c1-10(22)19-11-4-6-12(7-5-11)20-17(25)21-14-8-13(18)15(23-2)9-16(14)24-3/h4-9H,1-3H3,(H,19,22)(H2,20,21,25). The third-order valence-electron chi connectivity index (χ3n) is 3.19. The second-order valence-corrected chi connectivity index (χ2v) is 5.43. The van der Waals surface area contributed by atoms with Gasteiger partial charge in [-0.1, -0.05) is 0 Å². The van der Waals surface area contributed by atoms with Gasteiger partial charge in [-0.3, -0.25) is 4.79 Å². The van der Waals surface area contributed by atoms with Crippen molar-refractivity contribution in [3.8, 4) is 11.5 Å². The van der Waals surface area contributed by atoms with Crippen LogP contribution in [0.5, 0.6) is 11.5 Å². The summed E-state index contributed by atoms with van der Waals surface area (Å²) in [6.07, 6.45) is 0. The van der Waals surface area contributed by atoms with Crippen LogP contribution >= 0.6 is 12.2 Å². The highest BCUT2D eigenvalue weighted by molar-refractivity contribution is 7.80. The molecule has 3 N–H and O–H groups in total. The van der Waals surface area contributed by atoms with Gasteiger partial charge in [-0.15, -0.1) is 0 Å². The van der Waals surface area contributed by atoms with Crippen LogP contribution in [0.4, 0.5) is 21.5 Å². The molecule has 6 nitrogen and oxygen atoms in total. The van der Waals surface area contributed by atoms with Gasteiger partial charge in [0.1, 0.15) is 5.75 Å². The van der Waals surface area contributed by atoms with Crippen molar-refractivity contribution in [1.29, 1.82) is 0 Å². The number of benzene rings is 2. The Kier molecular flexibility index (Phi) is 6.13. The van der Waals surface area contributed by atoms with Gasteiger partial charge in [0.25, 0.3) is 0 Å². The molecule has 25 heavy (non-hydrogen) atoms. The lowest BCUT2D eigenvalue weighted by Crippen LogP contribution is -2.19. The molecule has 0 aliphatic heterocycles. The second kappa shape index (κ2) is 8.29. The molecule has 132 valence electrons. The summed E-state index contributed by atoms with van der Waals surface area (Å²) in [4.78, 5) is 11.0. The van der Waals surface area contributed by atoms with Crippen LogP contribution in [0, 0.1) is 5.82 Å². The molecule has 0 saturated carbocycles. The number of rotatable bonds is 5. The number of nitrogens with one attached hydrogen (secondary N) is 3. The minimum absolute atomic E-state index is 0.0786. The summed E-state index contributed by atoms with van der Waals surface area (Å²) in [6.45, 7) is 1.44. The van der Waals surface area contributed by atoms with E-state index in [2.05, 4.69) is 16.0 Å². The van der Waals surface area contributed by atoms with Crippen molar-refractivity contribution in [2.75, 3.05) is 30.2 Å². The van der Waals surface area contributed by atoms with E-state index in [0.29, 0.717) is 22.8 Å². The molecule has 1 amide bonds. The molecule has 0 heterocycles. The molecule has 0 spiro atoms. The van der Waals surface area contributed by atoms with Crippen LogP contribution in [0.3, 0.4) is 0 Å². The number of anilines is 3. The first kappa shape index (κ1) is 18.5. The number of methoxy groups -OCH3 is 2. The lowest BCUT2D eigenvalue weighted by Gasteiger charge is -2.15. The maximum absolute atomic E-state index is 13.9. The molecule has 0 saturated heterocycles. The SMILES string of the molecule is COc1cc(OC)c(NC(=S)Nc2ccc(NC(C)=O)cc2)cc1F. The summed E-state index contributed by atoms with van der Waals surface area (Å²) < 4.78 is 24.0. The van der Waals surface area contributed by atoms with E-state index < -0.39 is 5.82 Å². The van der Waals surface area contributed by atoms with Crippen LogP contribution in [0.15, 0.2) is 36.4 Å². The van der Waals surface area contributed by atoms with Crippen molar-refractivity contribution in [1.82, 2.24) is 0 Å². The summed E-state index contributed by atoms with van der Waals surface area (Å²) in [5, 5.41) is 8.78. The largest absolute Gasteiger partial charge is 0.494 e. The normalized spacial score (nSPS) is 9.92. The molecule has 8 heteroatoms.